The molecule has 74 valence electrons. The zero-order valence-corrected chi connectivity index (χ0v) is 8.32. The van der Waals surface area contributed by atoms with E-state index in [0.29, 0.717) is 24.5 Å². The second kappa shape index (κ2) is 4.11. The van der Waals surface area contributed by atoms with E-state index in [9.17, 15) is 0 Å². The molecule has 5 heteroatoms. The third-order valence-corrected chi connectivity index (χ3v) is 1.49. The number of hydrogen-bond donors (Lipinski definition) is 1. The molecule has 0 aliphatic heterocycles. The maximum absolute atomic E-state index is 5.63. The second-order valence-corrected chi connectivity index (χ2v) is 3.26. The van der Waals surface area contributed by atoms with Crippen molar-refractivity contribution in [3.05, 3.63) is 0 Å². The molecule has 2 N–H and O–H groups in total. The first kappa shape index (κ1) is 9.83. The van der Waals surface area contributed by atoms with Crippen molar-refractivity contribution in [3.63, 3.8) is 0 Å². The van der Waals surface area contributed by atoms with E-state index in [1.54, 1.807) is 4.68 Å². The lowest BCUT2D eigenvalue weighted by molar-refractivity contribution is 0.308. The normalized spacial score (nSPS) is 10.8. The quantitative estimate of drug-likeness (QED) is 0.755. The predicted octanol–water partition coefficient (Wildman–Crippen LogP) is 0.915. The molecule has 0 aliphatic carbocycles. The highest BCUT2D eigenvalue weighted by molar-refractivity contribution is 5.18. The van der Waals surface area contributed by atoms with Crippen LogP contribution in [0, 0.1) is 5.92 Å². The van der Waals surface area contributed by atoms with Crippen LogP contribution in [0.3, 0.4) is 0 Å². The first-order chi connectivity index (χ1) is 6.13. The van der Waals surface area contributed by atoms with E-state index in [2.05, 4.69) is 23.9 Å². The molecule has 0 unspecified atom stereocenters. The summed E-state index contributed by atoms with van der Waals surface area (Å²) in [5.41, 5.74) is 5.63. The van der Waals surface area contributed by atoms with Gasteiger partial charge in [-0.05, 0) is 12.8 Å². The van der Waals surface area contributed by atoms with Crippen molar-refractivity contribution in [2.24, 2.45) is 5.92 Å². The van der Waals surface area contributed by atoms with Gasteiger partial charge in [0.15, 0.2) is 0 Å². The first-order valence-electron chi connectivity index (χ1n) is 4.46. The fourth-order valence-electron chi connectivity index (χ4n) is 1.00. The molecule has 13 heavy (non-hydrogen) atoms. The molecule has 0 spiro atoms. The molecule has 0 bridgehead atoms. The summed E-state index contributed by atoms with van der Waals surface area (Å²) < 4.78 is 6.79. The molecule has 1 aromatic heterocycles. The highest BCUT2D eigenvalue weighted by Gasteiger charge is 2.07. The van der Waals surface area contributed by atoms with Gasteiger partial charge in [0.25, 0.3) is 0 Å². The lowest BCUT2D eigenvalue weighted by Gasteiger charge is -2.04. The summed E-state index contributed by atoms with van der Waals surface area (Å²) in [6, 6.07) is 0.362. The molecule has 0 radical (unpaired) electrons. The van der Waals surface area contributed by atoms with Gasteiger partial charge in [-0.15, -0.1) is 5.10 Å². The minimum absolute atomic E-state index is 0.362. The number of aromatic nitrogens is 3. The number of nitrogens with zero attached hydrogens (tertiary/aromatic N) is 3. The Morgan fingerprint density at radius 2 is 2.23 bits per heavy atom. The number of nitrogens with two attached hydrogens (primary N) is 1. The second-order valence-electron chi connectivity index (χ2n) is 3.26. The summed E-state index contributed by atoms with van der Waals surface area (Å²) >= 11 is 0. The van der Waals surface area contributed by atoms with Crippen molar-refractivity contribution in [2.75, 3.05) is 12.3 Å². The van der Waals surface area contributed by atoms with Crippen LogP contribution in [0.15, 0.2) is 0 Å². The van der Waals surface area contributed by atoms with Crippen LogP contribution < -0.4 is 10.5 Å². The summed E-state index contributed by atoms with van der Waals surface area (Å²) in [5, 5.41) is 4.10. The summed E-state index contributed by atoms with van der Waals surface area (Å²) in [7, 11) is 0. The lowest BCUT2D eigenvalue weighted by Crippen LogP contribution is -2.09. The Hall–Kier alpha value is -1.26. The minimum atomic E-state index is 0.362. The van der Waals surface area contributed by atoms with Gasteiger partial charge in [-0.2, -0.15) is 4.98 Å². The fraction of sp³-hybridized carbons (Fsp3) is 0.750. The van der Waals surface area contributed by atoms with Crippen LogP contribution in [-0.2, 0) is 6.54 Å². The molecule has 0 saturated heterocycles. The zero-order chi connectivity index (χ0) is 9.84. The van der Waals surface area contributed by atoms with Crippen molar-refractivity contribution in [3.8, 4) is 6.01 Å². The van der Waals surface area contributed by atoms with Gasteiger partial charge in [-0.1, -0.05) is 13.8 Å². The van der Waals surface area contributed by atoms with Crippen molar-refractivity contribution in [2.45, 2.75) is 27.3 Å². The van der Waals surface area contributed by atoms with Crippen molar-refractivity contribution in [1.82, 2.24) is 14.8 Å². The van der Waals surface area contributed by atoms with E-state index in [1.807, 2.05) is 6.92 Å². The molecular weight excluding hydrogens is 168 g/mol. The highest BCUT2D eigenvalue weighted by atomic mass is 16.5. The monoisotopic (exact) mass is 184 g/mol. The highest BCUT2D eigenvalue weighted by Crippen LogP contribution is 2.09. The Kier molecular flexibility index (Phi) is 3.11. The molecule has 1 rings (SSSR count). The van der Waals surface area contributed by atoms with Crippen molar-refractivity contribution in [1.29, 1.82) is 0 Å². The molecule has 1 heterocycles. The summed E-state index contributed by atoms with van der Waals surface area (Å²) in [5.74, 6) is 0.913. The summed E-state index contributed by atoms with van der Waals surface area (Å²) in [6.07, 6.45) is 0. The van der Waals surface area contributed by atoms with Crippen LogP contribution >= 0.6 is 0 Å². The number of hydrogen-bond acceptors (Lipinski definition) is 4. The number of nitrogen functional groups attached to an aromatic ring is 1. The molecule has 0 aliphatic rings. The number of rotatable bonds is 4. The van der Waals surface area contributed by atoms with E-state index in [1.165, 1.54) is 0 Å². The topological polar surface area (TPSA) is 66.0 Å². The van der Waals surface area contributed by atoms with E-state index in [0.717, 1.165) is 6.54 Å². The molecule has 0 amide bonds. The maximum atomic E-state index is 5.63. The van der Waals surface area contributed by atoms with Crippen LogP contribution in [0.4, 0.5) is 5.95 Å². The predicted molar refractivity (Wildman–Crippen MR) is 50.4 cm³/mol. The van der Waals surface area contributed by atoms with Gasteiger partial charge in [-0.25, -0.2) is 4.68 Å². The van der Waals surface area contributed by atoms with Gasteiger partial charge in [0.1, 0.15) is 0 Å². The molecule has 0 saturated carbocycles. The molecular formula is C8H16N4O. The first-order valence-corrected chi connectivity index (χ1v) is 4.46. The zero-order valence-electron chi connectivity index (χ0n) is 8.32. The number of anilines is 1. The largest absolute Gasteiger partial charge is 0.463 e. The minimum Gasteiger partial charge on any atom is -0.463 e. The van der Waals surface area contributed by atoms with Gasteiger partial charge in [-0.3, -0.25) is 0 Å². The smallest absolute Gasteiger partial charge is 0.337 e. The Bertz CT molecular complexity index is 269. The third kappa shape index (κ3) is 2.61. The van der Waals surface area contributed by atoms with Crippen LogP contribution in [0.1, 0.15) is 20.8 Å². The lowest BCUT2D eigenvalue weighted by atomic mass is 10.2. The molecule has 5 nitrogen and oxygen atoms in total. The van der Waals surface area contributed by atoms with Crippen molar-refractivity contribution >= 4 is 5.95 Å². The standard InChI is InChI=1S/C8H16N4O/c1-4-13-8-10-7(9)12(11-8)5-6(2)3/h6H,4-5H2,1-3H3,(H2,9,10,11). The van der Waals surface area contributed by atoms with E-state index < -0.39 is 0 Å². The average Bonchev–Trinajstić information content (AvgIpc) is 2.31. The maximum Gasteiger partial charge on any atom is 0.337 e. The van der Waals surface area contributed by atoms with Gasteiger partial charge in [0.2, 0.25) is 5.95 Å². The third-order valence-electron chi connectivity index (χ3n) is 1.49. The summed E-state index contributed by atoms with van der Waals surface area (Å²) in [4.78, 5) is 3.96. The molecule has 0 fully saturated rings. The van der Waals surface area contributed by atoms with Gasteiger partial charge < -0.3 is 10.5 Å². The van der Waals surface area contributed by atoms with Gasteiger partial charge in [0, 0.05) is 6.54 Å². The van der Waals surface area contributed by atoms with E-state index >= 15 is 0 Å². The Morgan fingerprint density at radius 1 is 1.54 bits per heavy atom. The Balaban J connectivity index is 2.71. The molecule has 1 aromatic rings. The van der Waals surface area contributed by atoms with Crippen LogP contribution in [0.25, 0.3) is 0 Å². The van der Waals surface area contributed by atoms with Crippen LogP contribution in [0.2, 0.25) is 0 Å². The fourth-order valence-corrected chi connectivity index (χ4v) is 1.00. The SMILES string of the molecule is CCOc1nc(N)n(CC(C)C)n1. The number of ether oxygens (including phenoxy) is 1. The van der Waals surface area contributed by atoms with E-state index in [-0.39, 0.29) is 0 Å². The van der Waals surface area contributed by atoms with Crippen LogP contribution in [0.5, 0.6) is 6.01 Å². The average molecular weight is 184 g/mol. The molecule has 0 atom stereocenters. The summed E-state index contributed by atoms with van der Waals surface area (Å²) in [6.45, 7) is 7.42. The Labute approximate surface area is 77.9 Å². The molecule has 0 aromatic carbocycles. The van der Waals surface area contributed by atoms with Crippen LogP contribution in [-0.4, -0.2) is 21.4 Å². The van der Waals surface area contributed by atoms with Gasteiger partial charge >= 0.3 is 6.01 Å². The van der Waals surface area contributed by atoms with Crippen molar-refractivity contribution < 1.29 is 4.74 Å². The van der Waals surface area contributed by atoms with E-state index in [4.69, 9.17) is 10.5 Å². The Morgan fingerprint density at radius 3 is 2.77 bits per heavy atom. The van der Waals surface area contributed by atoms with Gasteiger partial charge in [0.05, 0.1) is 6.61 Å².